The van der Waals surface area contributed by atoms with E-state index in [0.717, 1.165) is 32.4 Å². The van der Waals surface area contributed by atoms with Crippen molar-refractivity contribution < 1.29 is 4.79 Å². The minimum Gasteiger partial charge on any atom is -0.353 e. The van der Waals surface area contributed by atoms with E-state index >= 15 is 0 Å². The average Bonchev–Trinajstić information content (AvgIpc) is 2.77. The highest BCUT2D eigenvalue weighted by atomic mass is 16.2. The first-order valence-corrected chi connectivity index (χ1v) is 8.69. The van der Waals surface area contributed by atoms with E-state index in [1.54, 1.807) is 0 Å². The summed E-state index contributed by atoms with van der Waals surface area (Å²) in [7, 11) is 0. The number of carbonyl (C=O) groups is 1. The van der Waals surface area contributed by atoms with E-state index in [2.05, 4.69) is 24.5 Å². The van der Waals surface area contributed by atoms with Gasteiger partial charge in [-0.15, -0.1) is 0 Å². The van der Waals surface area contributed by atoms with Gasteiger partial charge in [-0.2, -0.15) is 0 Å². The number of hydrogen-bond acceptors (Lipinski definition) is 2. The van der Waals surface area contributed by atoms with Gasteiger partial charge in [0.2, 0.25) is 5.91 Å². The molecule has 1 unspecified atom stereocenters. The van der Waals surface area contributed by atoms with Crippen molar-refractivity contribution in [2.45, 2.75) is 77.7 Å². The zero-order chi connectivity index (χ0) is 14.4. The van der Waals surface area contributed by atoms with Crippen LogP contribution >= 0.6 is 0 Å². The maximum atomic E-state index is 12.7. The Labute approximate surface area is 124 Å². The summed E-state index contributed by atoms with van der Waals surface area (Å²) in [5, 5.41) is 6.77. The molecule has 1 aliphatic heterocycles. The zero-order valence-corrected chi connectivity index (χ0v) is 13.3. The maximum Gasteiger partial charge on any atom is 0.227 e. The van der Waals surface area contributed by atoms with Crippen LogP contribution in [0.2, 0.25) is 0 Å². The van der Waals surface area contributed by atoms with E-state index in [1.165, 1.54) is 38.5 Å². The molecule has 0 radical (unpaired) electrons. The molecule has 0 aromatic heterocycles. The Morgan fingerprint density at radius 1 is 1.25 bits per heavy atom. The Balaban J connectivity index is 1.91. The molecule has 2 fully saturated rings. The molecule has 116 valence electrons. The van der Waals surface area contributed by atoms with Crippen LogP contribution in [0, 0.1) is 11.3 Å². The van der Waals surface area contributed by atoms with Gasteiger partial charge in [-0.05, 0) is 51.5 Å². The van der Waals surface area contributed by atoms with Crippen LogP contribution in [-0.4, -0.2) is 25.0 Å². The minimum absolute atomic E-state index is 0.156. The fourth-order valence-corrected chi connectivity index (χ4v) is 3.91. The summed E-state index contributed by atoms with van der Waals surface area (Å²) in [5.41, 5.74) is -0.156. The van der Waals surface area contributed by atoms with Crippen LogP contribution in [0.15, 0.2) is 0 Å². The third-order valence-corrected chi connectivity index (χ3v) is 5.60. The van der Waals surface area contributed by atoms with Crippen molar-refractivity contribution in [3.05, 3.63) is 0 Å². The second-order valence-electron chi connectivity index (χ2n) is 6.93. The highest BCUT2D eigenvalue weighted by molar-refractivity contribution is 5.83. The van der Waals surface area contributed by atoms with Gasteiger partial charge in [-0.1, -0.05) is 32.6 Å². The van der Waals surface area contributed by atoms with Crippen molar-refractivity contribution in [3.8, 4) is 0 Å². The average molecular weight is 280 g/mol. The van der Waals surface area contributed by atoms with Crippen molar-refractivity contribution in [2.24, 2.45) is 11.3 Å². The molecule has 1 saturated heterocycles. The number of nitrogens with one attached hydrogen (secondary N) is 2. The molecule has 3 heteroatoms. The minimum atomic E-state index is -0.156. The molecule has 0 aromatic carbocycles. The van der Waals surface area contributed by atoms with Gasteiger partial charge in [-0.25, -0.2) is 0 Å². The Morgan fingerprint density at radius 3 is 2.50 bits per heavy atom. The van der Waals surface area contributed by atoms with Gasteiger partial charge in [-0.3, -0.25) is 4.79 Å². The first kappa shape index (κ1) is 15.8. The van der Waals surface area contributed by atoms with E-state index in [9.17, 15) is 4.79 Å². The maximum absolute atomic E-state index is 12.7. The van der Waals surface area contributed by atoms with Gasteiger partial charge in [0.1, 0.15) is 0 Å². The zero-order valence-electron chi connectivity index (χ0n) is 13.3. The Bertz CT molecular complexity index is 302. The van der Waals surface area contributed by atoms with Crippen LogP contribution in [-0.2, 0) is 4.79 Å². The van der Waals surface area contributed by atoms with Crippen molar-refractivity contribution in [1.29, 1.82) is 0 Å². The molecule has 1 aliphatic carbocycles. The predicted molar refractivity (Wildman–Crippen MR) is 83.6 cm³/mol. The number of carbonyl (C=O) groups excluding carboxylic acids is 1. The van der Waals surface area contributed by atoms with E-state index in [0.29, 0.717) is 17.9 Å². The molecular weight excluding hydrogens is 248 g/mol. The standard InChI is InChI=1S/C17H32N2O/c1-3-17(11-8-12-18-13-17)16(20)19-14(2)15-9-6-4-5-7-10-15/h14-15,18H,3-13H2,1-2H3,(H,19,20)/t14-,17?/m0/s1. The van der Waals surface area contributed by atoms with E-state index in [4.69, 9.17) is 0 Å². The molecule has 20 heavy (non-hydrogen) atoms. The largest absolute Gasteiger partial charge is 0.353 e. The summed E-state index contributed by atoms with van der Waals surface area (Å²) in [4.78, 5) is 12.7. The Morgan fingerprint density at radius 2 is 1.95 bits per heavy atom. The normalized spacial score (nSPS) is 30.5. The molecule has 2 atom stereocenters. The molecule has 2 rings (SSSR count). The first-order valence-electron chi connectivity index (χ1n) is 8.69. The molecule has 2 aliphatic rings. The summed E-state index contributed by atoms with van der Waals surface area (Å²) < 4.78 is 0. The lowest BCUT2D eigenvalue weighted by molar-refractivity contribution is -0.133. The van der Waals surface area contributed by atoms with Crippen LogP contribution < -0.4 is 10.6 Å². The predicted octanol–water partition coefficient (Wildman–Crippen LogP) is 3.24. The van der Waals surface area contributed by atoms with E-state index in [-0.39, 0.29) is 5.41 Å². The molecule has 2 N–H and O–H groups in total. The van der Waals surface area contributed by atoms with E-state index in [1.807, 2.05) is 0 Å². The van der Waals surface area contributed by atoms with Crippen molar-refractivity contribution in [1.82, 2.24) is 10.6 Å². The lowest BCUT2D eigenvalue weighted by Crippen LogP contribution is -2.53. The van der Waals surface area contributed by atoms with Gasteiger partial charge in [0.15, 0.2) is 0 Å². The molecule has 0 spiro atoms. The topological polar surface area (TPSA) is 41.1 Å². The Kier molecular flexibility index (Phi) is 5.88. The van der Waals surface area contributed by atoms with Crippen LogP contribution in [0.3, 0.4) is 0 Å². The van der Waals surface area contributed by atoms with Crippen LogP contribution in [0.4, 0.5) is 0 Å². The molecule has 3 nitrogen and oxygen atoms in total. The SMILES string of the molecule is CCC1(C(=O)N[C@@H](C)C2CCCCCC2)CCCNC1. The third-order valence-electron chi connectivity index (χ3n) is 5.60. The van der Waals surface area contributed by atoms with Crippen LogP contribution in [0.1, 0.15) is 71.6 Å². The lowest BCUT2D eigenvalue weighted by Gasteiger charge is -2.37. The molecule has 1 amide bonds. The number of piperidine rings is 1. The molecule has 1 heterocycles. The second kappa shape index (κ2) is 7.44. The molecule has 1 saturated carbocycles. The number of rotatable bonds is 4. The Hall–Kier alpha value is -0.570. The first-order chi connectivity index (χ1) is 9.68. The van der Waals surface area contributed by atoms with Crippen molar-refractivity contribution in [3.63, 3.8) is 0 Å². The van der Waals surface area contributed by atoms with Gasteiger partial charge in [0, 0.05) is 12.6 Å². The fraction of sp³-hybridized carbons (Fsp3) is 0.941. The fourth-order valence-electron chi connectivity index (χ4n) is 3.91. The molecule has 0 bridgehead atoms. The van der Waals surface area contributed by atoms with E-state index < -0.39 is 0 Å². The summed E-state index contributed by atoms with van der Waals surface area (Å²) in [5.74, 6) is 0.982. The molecule has 0 aromatic rings. The van der Waals surface area contributed by atoms with Crippen molar-refractivity contribution in [2.75, 3.05) is 13.1 Å². The number of hydrogen-bond donors (Lipinski definition) is 2. The second-order valence-corrected chi connectivity index (χ2v) is 6.93. The summed E-state index contributed by atoms with van der Waals surface area (Å²) in [6.45, 7) is 6.29. The summed E-state index contributed by atoms with van der Waals surface area (Å²) >= 11 is 0. The smallest absolute Gasteiger partial charge is 0.227 e. The third kappa shape index (κ3) is 3.75. The van der Waals surface area contributed by atoms with Gasteiger partial charge < -0.3 is 10.6 Å². The van der Waals surface area contributed by atoms with Crippen molar-refractivity contribution >= 4 is 5.91 Å². The summed E-state index contributed by atoms with van der Waals surface area (Å²) in [6, 6.07) is 0.339. The quantitative estimate of drug-likeness (QED) is 0.776. The highest BCUT2D eigenvalue weighted by Gasteiger charge is 2.38. The van der Waals surface area contributed by atoms with Gasteiger partial charge in [0.25, 0.3) is 0 Å². The molecular formula is C17H32N2O. The highest BCUT2D eigenvalue weighted by Crippen LogP contribution is 2.31. The number of amides is 1. The van der Waals surface area contributed by atoms with Gasteiger partial charge in [0.05, 0.1) is 5.41 Å². The monoisotopic (exact) mass is 280 g/mol. The van der Waals surface area contributed by atoms with Gasteiger partial charge >= 0.3 is 0 Å². The lowest BCUT2D eigenvalue weighted by atomic mass is 9.77. The van der Waals surface area contributed by atoms with Crippen LogP contribution in [0.5, 0.6) is 0 Å². The van der Waals surface area contributed by atoms with Crippen LogP contribution in [0.25, 0.3) is 0 Å². The summed E-state index contributed by atoms with van der Waals surface area (Å²) in [6.07, 6.45) is 11.1.